The third-order valence-corrected chi connectivity index (χ3v) is 3.24. The fraction of sp³-hybridized carbons (Fsp3) is 1.00. The lowest BCUT2D eigenvalue weighted by Gasteiger charge is -2.26. The van der Waals surface area contributed by atoms with Crippen LogP contribution in [0.3, 0.4) is 0 Å². The van der Waals surface area contributed by atoms with Crippen molar-refractivity contribution in [1.82, 2.24) is 0 Å². The van der Waals surface area contributed by atoms with Gasteiger partial charge >= 0.3 is 6.18 Å². The molecule has 0 bridgehead atoms. The van der Waals surface area contributed by atoms with Crippen molar-refractivity contribution in [3.05, 3.63) is 0 Å². The van der Waals surface area contributed by atoms with Crippen LogP contribution in [0.15, 0.2) is 0 Å². The van der Waals surface area contributed by atoms with Gasteiger partial charge in [-0.25, -0.2) is 30.7 Å². The number of rotatable bonds is 10. The van der Waals surface area contributed by atoms with E-state index in [-0.39, 0.29) is 6.42 Å². The molecule has 0 nitrogen and oxygen atoms in total. The molecule has 0 aliphatic carbocycles. The van der Waals surface area contributed by atoms with Gasteiger partial charge < -0.3 is 0 Å². The zero-order valence-electron chi connectivity index (χ0n) is 14.1. The Morgan fingerprint density at radius 1 is 0.640 bits per heavy atom. The van der Waals surface area contributed by atoms with E-state index in [9.17, 15) is 43.9 Å². The molecule has 0 aromatic rings. The summed E-state index contributed by atoms with van der Waals surface area (Å²) >= 11 is 0. The molecule has 0 aliphatic rings. The molecule has 0 spiro atoms. The van der Waals surface area contributed by atoms with Gasteiger partial charge in [-0.15, -0.1) is 0 Å². The van der Waals surface area contributed by atoms with E-state index in [2.05, 4.69) is 0 Å². The summed E-state index contributed by atoms with van der Waals surface area (Å²) in [4.78, 5) is 0. The molecular formula is C15H24F10. The smallest absolute Gasteiger partial charge is 0.244 e. The molecule has 0 heterocycles. The summed E-state index contributed by atoms with van der Waals surface area (Å²) < 4.78 is 127. The maximum Gasteiger partial charge on any atom is 0.422 e. The Bertz CT molecular complexity index is 322. The summed E-state index contributed by atoms with van der Waals surface area (Å²) in [5.41, 5.74) is 0. The third-order valence-electron chi connectivity index (χ3n) is 3.24. The lowest BCUT2D eigenvalue weighted by molar-refractivity contribution is -0.206. The van der Waals surface area contributed by atoms with Crippen molar-refractivity contribution >= 4 is 0 Å². The first-order valence-corrected chi connectivity index (χ1v) is 8.00. The Balaban J connectivity index is 0. The van der Waals surface area contributed by atoms with Crippen molar-refractivity contribution in [2.24, 2.45) is 0 Å². The van der Waals surface area contributed by atoms with E-state index >= 15 is 0 Å². The summed E-state index contributed by atoms with van der Waals surface area (Å²) in [6.45, 7) is 5.73. The fourth-order valence-electron chi connectivity index (χ4n) is 1.82. The normalized spacial score (nSPS) is 20.5. The first-order valence-electron chi connectivity index (χ1n) is 8.00. The van der Waals surface area contributed by atoms with Gasteiger partial charge in [0.2, 0.25) is 6.17 Å². The van der Waals surface area contributed by atoms with Gasteiger partial charge in [0, 0.05) is 0 Å². The van der Waals surface area contributed by atoms with E-state index in [0.29, 0.717) is 12.8 Å². The molecule has 0 N–H and O–H groups in total. The van der Waals surface area contributed by atoms with E-state index < -0.39 is 55.8 Å². The molecule has 154 valence electrons. The second kappa shape index (κ2) is 12.6. The summed E-state index contributed by atoms with van der Waals surface area (Å²) in [6, 6.07) is 0. The van der Waals surface area contributed by atoms with Crippen LogP contribution in [0.2, 0.25) is 0 Å². The molecule has 7 atom stereocenters. The molecule has 0 amide bonds. The van der Waals surface area contributed by atoms with Crippen LogP contribution in [-0.2, 0) is 0 Å². The average Bonchev–Trinajstić information content (AvgIpc) is 2.58. The highest BCUT2D eigenvalue weighted by Crippen LogP contribution is 2.33. The first-order chi connectivity index (χ1) is 11.4. The lowest BCUT2D eigenvalue weighted by atomic mass is 9.97. The molecule has 0 fully saturated rings. The number of unbranched alkanes of at least 4 members (excludes halogenated alkanes) is 2. The van der Waals surface area contributed by atoms with Crippen molar-refractivity contribution in [3.8, 4) is 0 Å². The van der Waals surface area contributed by atoms with Crippen molar-refractivity contribution < 1.29 is 43.9 Å². The molecule has 0 saturated heterocycles. The van der Waals surface area contributed by atoms with Crippen LogP contribution in [0.1, 0.15) is 46.5 Å². The number of alkyl halides is 10. The Hall–Kier alpha value is -0.700. The summed E-state index contributed by atoms with van der Waals surface area (Å²) in [7, 11) is 0. The third kappa shape index (κ3) is 8.99. The highest BCUT2D eigenvalue weighted by atomic mass is 19.4. The van der Waals surface area contributed by atoms with Crippen LogP contribution in [-0.4, -0.2) is 49.4 Å². The van der Waals surface area contributed by atoms with Crippen LogP contribution in [0, 0.1) is 0 Å². The quantitative estimate of drug-likeness (QED) is 0.292. The molecule has 0 rings (SSSR count). The minimum absolute atomic E-state index is 0.132. The summed E-state index contributed by atoms with van der Waals surface area (Å²) in [5, 5.41) is 0. The van der Waals surface area contributed by atoms with Gasteiger partial charge in [-0.05, 0) is 6.42 Å². The molecule has 25 heavy (non-hydrogen) atoms. The van der Waals surface area contributed by atoms with Gasteiger partial charge in [-0.3, -0.25) is 0 Å². The molecular weight excluding hydrogens is 370 g/mol. The van der Waals surface area contributed by atoms with Gasteiger partial charge in [-0.2, -0.15) is 13.2 Å². The van der Waals surface area contributed by atoms with Crippen LogP contribution in [0.25, 0.3) is 0 Å². The standard InChI is InChI=1S/C13H18F10.C2H6/c1-2-3-4-5-6(14)7(15)8(16)9(17)10(18)11(19)12(20)13(21,22)23;1-2/h6-12H,2-5H2,1H3;1-2H3. The minimum atomic E-state index is -5.83. The Kier molecular flexibility index (Phi) is 13.4. The Morgan fingerprint density at radius 2 is 1.04 bits per heavy atom. The molecule has 0 radical (unpaired) electrons. The molecule has 0 saturated carbocycles. The second-order valence-corrected chi connectivity index (χ2v) is 5.18. The van der Waals surface area contributed by atoms with Crippen molar-refractivity contribution in [1.29, 1.82) is 0 Å². The second-order valence-electron chi connectivity index (χ2n) is 5.18. The topological polar surface area (TPSA) is 0 Å². The minimum Gasteiger partial charge on any atom is -0.244 e. The first kappa shape index (κ1) is 26.5. The molecule has 0 aromatic heterocycles. The molecule has 0 aromatic carbocycles. The predicted octanol–water partition coefficient (Wildman–Crippen LogP) is 6.52. The Labute approximate surface area is 141 Å². The average molecular weight is 394 g/mol. The highest BCUT2D eigenvalue weighted by molar-refractivity contribution is 4.92. The summed E-state index contributed by atoms with van der Waals surface area (Å²) in [6.07, 6.45) is -30.5. The Morgan fingerprint density at radius 3 is 1.44 bits per heavy atom. The van der Waals surface area contributed by atoms with Crippen LogP contribution < -0.4 is 0 Å². The number of hydrogen-bond acceptors (Lipinski definition) is 0. The van der Waals surface area contributed by atoms with Gasteiger partial charge in [0.05, 0.1) is 0 Å². The fourth-order valence-corrected chi connectivity index (χ4v) is 1.82. The van der Waals surface area contributed by atoms with E-state index in [1.165, 1.54) is 0 Å². The zero-order valence-corrected chi connectivity index (χ0v) is 14.1. The maximum atomic E-state index is 13.3. The van der Waals surface area contributed by atoms with Gasteiger partial charge in [0.1, 0.15) is 6.17 Å². The van der Waals surface area contributed by atoms with E-state index in [1.54, 1.807) is 6.92 Å². The van der Waals surface area contributed by atoms with Gasteiger partial charge in [0.25, 0.3) is 0 Å². The van der Waals surface area contributed by atoms with Gasteiger partial charge in [0.15, 0.2) is 30.9 Å². The van der Waals surface area contributed by atoms with Crippen molar-refractivity contribution in [2.75, 3.05) is 0 Å². The molecule has 7 unspecified atom stereocenters. The van der Waals surface area contributed by atoms with E-state index in [0.717, 1.165) is 0 Å². The van der Waals surface area contributed by atoms with Crippen LogP contribution >= 0.6 is 0 Å². The van der Waals surface area contributed by atoms with E-state index in [4.69, 9.17) is 0 Å². The van der Waals surface area contributed by atoms with Crippen molar-refractivity contribution in [2.45, 2.75) is 95.8 Å². The van der Waals surface area contributed by atoms with Crippen LogP contribution in [0.5, 0.6) is 0 Å². The summed E-state index contributed by atoms with van der Waals surface area (Å²) in [5.74, 6) is 0. The molecule has 0 aliphatic heterocycles. The highest BCUT2D eigenvalue weighted by Gasteiger charge is 2.53. The number of hydrogen-bond donors (Lipinski definition) is 0. The van der Waals surface area contributed by atoms with Gasteiger partial charge in [-0.1, -0.05) is 40.0 Å². The predicted molar refractivity (Wildman–Crippen MR) is 75.8 cm³/mol. The largest absolute Gasteiger partial charge is 0.422 e. The zero-order chi connectivity index (χ0) is 20.4. The van der Waals surface area contributed by atoms with E-state index in [1.807, 2.05) is 13.8 Å². The number of halogens is 10. The van der Waals surface area contributed by atoms with Crippen LogP contribution in [0.4, 0.5) is 43.9 Å². The SMILES string of the molecule is CC.CCCCCC(F)C(F)C(F)C(F)C(F)C(F)C(F)C(F)(F)F. The molecule has 10 heteroatoms. The van der Waals surface area contributed by atoms with Crippen molar-refractivity contribution in [3.63, 3.8) is 0 Å². The maximum absolute atomic E-state index is 13.3. The lowest BCUT2D eigenvalue weighted by Crippen LogP contribution is -2.48. The monoisotopic (exact) mass is 394 g/mol.